The van der Waals surface area contributed by atoms with Crippen LogP contribution in [-0.4, -0.2) is 16.5 Å². The first-order valence-corrected chi connectivity index (χ1v) is 5.79. The minimum atomic E-state index is -0.519. The third-order valence-electron chi connectivity index (χ3n) is 2.49. The molecule has 1 aliphatic heterocycles. The van der Waals surface area contributed by atoms with E-state index in [1.807, 2.05) is 32.0 Å². The molecule has 2 N–H and O–H groups in total. The number of carbonyl (C=O) groups excluding carboxylic acids is 2. The van der Waals surface area contributed by atoms with Crippen LogP contribution in [-0.2, 0) is 4.79 Å². The van der Waals surface area contributed by atoms with Crippen molar-refractivity contribution in [2.24, 2.45) is 0 Å². The Morgan fingerprint density at radius 2 is 2.00 bits per heavy atom. The molecular weight excluding hydrogens is 224 g/mol. The predicted octanol–water partition coefficient (Wildman–Crippen LogP) is 2.02. The van der Waals surface area contributed by atoms with Crippen molar-refractivity contribution < 1.29 is 9.59 Å². The Labute approximate surface area is 97.8 Å². The fourth-order valence-corrected chi connectivity index (χ4v) is 2.17. The molecule has 1 saturated heterocycles. The smallest absolute Gasteiger partial charge is 0.288 e. The lowest BCUT2D eigenvalue weighted by molar-refractivity contribution is -0.118. The standard InChI is InChI=1S/C11H12N2O2S/c1-6-3-4-8(5-7(6)2)12-10-9(14)13-11(15)16-10/h3-5,10,12H,1-2H3,(H,13,14,15). The molecule has 1 aromatic rings. The van der Waals surface area contributed by atoms with Crippen LogP contribution in [0.5, 0.6) is 0 Å². The van der Waals surface area contributed by atoms with Crippen molar-refractivity contribution in [1.29, 1.82) is 0 Å². The van der Waals surface area contributed by atoms with Gasteiger partial charge in [-0.25, -0.2) is 0 Å². The largest absolute Gasteiger partial charge is 0.365 e. The lowest BCUT2D eigenvalue weighted by Gasteiger charge is -2.11. The van der Waals surface area contributed by atoms with E-state index in [-0.39, 0.29) is 11.1 Å². The van der Waals surface area contributed by atoms with Gasteiger partial charge >= 0.3 is 0 Å². The molecule has 0 spiro atoms. The first-order valence-electron chi connectivity index (χ1n) is 4.91. The fourth-order valence-electron chi connectivity index (χ4n) is 1.43. The first kappa shape index (κ1) is 11.0. The van der Waals surface area contributed by atoms with Crippen molar-refractivity contribution in [3.05, 3.63) is 29.3 Å². The average molecular weight is 236 g/mol. The van der Waals surface area contributed by atoms with Crippen LogP contribution >= 0.6 is 11.8 Å². The highest BCUT2D eigenvalue weighted by Gasteiger charge is 2.31. The summed E-state index contributed by atoms with van der Waals surface area (Å²) in [6.45, 7) is 4.03. The fraction of sp³-hybridized carbons (Fsp3) is 0.273. The van der Waals surface area contributed by atoms with Crippen molar-refractivity contribution in [2.75, 3.05) is 5.32 Å². The third kappa shape index (κ3) is 2.19. The number of amides is 2. The Balaban J connectivity index is 2.12. The van der Waals surface area contributed by atoms with Crippen LogP contribution in [0.3, 0.4) is 0 Å². The summed E-state index contributed by atoms with van der Waals surface area (Å²) in [5, 5.41) is 4.44. The summed E-state index contributed by atoms with van der Waals surface area (Å²) >= 11 is 0.968. The van der Waals surface area contributed by atoms with Crippen LogP contribution < -0.4 is 10.6 Å². The van der Waals surface area contributed by atoms with E-state index < -0.39 is 5.37 Å². The van der Waals surface area contributed by atoms with Crippen LogP contribution in [0.1, 0.15) is 11.1 Å². The number of aryl methyl sites for hydroxylation is 2. The maximum Gasteiger partial charge on any atom is 0.288 e. The van der Waals surface area contributed by atoms with Crippen LogP contribution in [0, 0.1) is 13.8 Å². The van der Waals surface area contributed by atoms with E-state index in [2.05, 4.69) is 10.6 Å². The van der Waals surface area contributed by atoms with Crippen LogP contribution in [0.4, 0.5) is 10.5 Å². The monoisotopic (exact) mass is 236 g/mol. The van der Waals surface area contributed by atoms with E-state index in [1.165, 1.54) is 5.56 Å². The Hall–Kier alpha value is -1.49. The van der Waals surface area contributed by atoms with Gasteiger partial charge in [-0.15, -0.1) is 0 Å². The minimum absolute atomic E-state index is 0.284. The number of nitrogens with one attached hydrogen (secondary N) is 2. The highest BCUT2D eigenvalue weighted by molar-refractivity contribution is 8.15. The van der Waals surface area contributed by atoms with Gasteiger partial charge in [-0.3, -0.25) is 14.9 Å². The van der Waals surface area contributed by atoms with Gasteiger partial charge in [0.05, 0.1) is 0 Å². The van der Waals surface area contributed by atoms with Crippen molar-refractivity contribution in [2.45, 2.75) is 19.2 Å². The normalized spacial score (nSPS) is 19.8. The summed E-state index contributed by atoms with van der Waals surface area (Å²) in [5.41, 5.74) is 3.20. The molecule has 1 aliphatic rings. The molecule has 0 saturated carbocycles. The van der Waals surface area contributed by atoms with Crippen molar-refractivity contribution in [3.63, 3.8) is 0 Å². The summed E-state index contributed by atoms with van der Waals surface area (Å²) < 4.78 is 0. The molecule has 2 rings (SSSR count). The molecule has 2 amide bonds. The molecule has 0 aliphatic carbocycles. The Morgan fingerprint density at radius 3 is 2.56 bits per heavy atom. The molecule has 0 aromatic heterocycles. The molecule has 1 atom stereocenters. The van der Waals surface area contributed by atoms with Gasteiger partial charge < -0.3 is 5.32 Å². The lowest BCUT2D eigenvalue weighted by Crippen LogP contribution is -2.29. The van der Waals surface area contributed by atoms with E-state index >= 15 is 0 Å². The number of thioether (sulfide) groups is 1. The van der Waals surface area contributed by atoms with Crippen molar-refractivity contribution in [1.82, 2.24) is 5.32 Å². The zero-order valence-electron chi connectivity index (χ0n) is 9.03. The second-order valence-electron chi connectivity index (χ2n) is 3.72. The second kappa shape index (κ2) is 4.17. The van der Waals surface area contributed by atoms with Gasteiger partial charge in [0.15, 0.2) is 5.37 Å². The first-order chi connectivity index (χ1) is 7.56. The zero-order chi connectivity index (χ0) is 11.7. The number of benzene rings is 1. The lowest BCUT2D eigenvalue weighted by atomic mass is 10.1. The molecule has 84 valence electrons. The van der Waals surface area contributed by atoms with Crippen molar-refractivity contribution in [3.8, 4) is 0 Å². The Bertz CT molecular complexity index is 459. The van der Waals surface area contributed by atoms with Gasteiger partial charge in [-0.2, -0.15) is 0 Å². The van der Waals surface area contributed by atoms with Crippen LogP contribution in [0.2, 0.25) is 0 Å². The quantitative estimate of drug-likeness (QED) is 0.825. The van der Waals surface area contributed by atoms with E-state index in [4.69, 9.17) is 0 Å². The predicted molar refractivity (Wildman–Crippen MR) is 64.5 cm³/mol. The van der Waals surface area contributed by atoms with Gasteiger partial charge in [0.25, 0.3) is 11.1 Å². The molecule has 0 radical (unpaired) electrons. The van der Waals surface area contributed by atoms with Gasteiger partial charge in [0.2, 0.25) is 0 Å². The Morgan fingerprint density at radius 1 is 1.25 bits per heavy atom. The van der Waals surface area contributed by atoms with Gasteiger partial charge in [0.1, 0.15) is 0 Å². The van der Waals surface area contributed by atoms with E-state index in [1.54, 1.807) is 0 Å². The molecule has 0 bridgehead atoms. The zero-order valence-corrected chi connectivity index (χ0v) is 9.85. The number of hydrogen-bond donors (Lipinski definition) is 2. The molecular formula is C11H12N2O2S. The molecule has 5 heteroatoms. The van der Waals surface area contributed by atoms with Gasteiger partial charge in [0, 0.05) is 5.69 Å². The molecule has 1 aromatic carbocycles. The second-order valence-corrected chi connectivity index (χ2v) is 4.80. The number of imide groups is 1. The van der Waals surface area contributed by atoms with Crippen LogP contribution in [0.15, 0.2) is 18.2 Å². The summed E-state index contributed by atoms with van der Waals surface area (Å²) in [6.07, 6.45) is 0. The maximum atomic E-state index is 11.3. The molecule has 1 fully saturated rings. The molecule has 1 unspecified atom stereocenters. The topological polar surface area (TPSA) is 58.2 Å². The number of rotatable bonds is 2. The van der Waals surface area contributed by atoms with E-state index in [0.29, 0.717) is 0 Å². The van der Waals surface area contributed by atoms with Crippen LogP contribution in [0.25, 0.3) is 0 Å². The summed E-state index contributed by atoms with van der Waals surface area (Å²) in [5.74, 6) is -0.284. The summed E-state index contributed by atoms with van der Waals surface area (Å²) in [6, 6.07) is 5.85. The number of hydrogen-bond acceptors (Lipinski definition) is 4. The minimum Gasteiger partial charge on any atom is -0.365 e. The maximum absolute atomic E-state index is 11.3. The summed E-state index contributed by atoms with van der Waals surface area (Å²) in [4.78, 5) is 22.3. The Kier molecular flexibility index (Phi) is 2.87. The number of anilines is 1. The van der Waals surface area contributed by atoms with E-state index in [9.17, 15) is 9.59 Å². The highest BCUT2D eigenvalue weighted by atomic mass is 32.2. The van der Waals surface area contributed by atoms with Gasteiger partial charge in [-0.1, -0.05) is 6.07 Å². The van der Waals surface area contributed by atoms with Crippen molar-refractivity contribution >= 4 is 28.6 Å². The molecule has 16 heavy (non-hydrogen) atoms. The SMILES string of the molecule is Cc1ccc(NC2SC(=O)NC2=O)cc1C. The van der Waals surface area contributed by atoms with E-state index in [0.717, 1.165) is 23.0 Å². The number of carbonyl (C=O) groups is 2. The molecule has 4 nitrogen and oxygen atoms in total. The summed E-state index contributed by atoms with van der Waals surface area (Å²) in [7, 11) is 0. The van der Waals surface area contributed by atoms with Gasteiger partial charge in [-0.05, 0) is 48.9 Å². The molecule has 1 heterocycles. The highest BCUT2D eigenvalue weighted by Crippen LogP contribution is 2.22. The average Bonchev–Trinajstić information content (AvgIpc) is 2.51. The third-order valence-corrected chi connectivity index (χ3v) is 3.38.